The molecule has 1 N–H and O–H groups in total. The first-order chi connectivity index (χ1) is 12.9. The van der Waals surface area contributed by atoms with Gasteiger partial charge in [0.25, 0.3) is 5.91 Å². The van der Waals surface area contributed by atoms with E-state index >= 15 is 0 Å². The monoisotopic (exact) mass is 407 g/mol. The smallest absolute Gasteiger partial charge is 0.255 e. The molecule has 0 saturated carbocycles. The average molecular weight is 408 g/mol. The summed E-state index contributed by atoms with van der Waals surface area (Å²) in [7, 11) is -3.74. The first-order valence-electron chi connectivity index (χ1n) is 8.91. The topological polar surface area (TPSA) is 79.4 Å². The summed E-state index contributed by atoms with van der Waals surface area (Å²) >= 11 is 6.18. The van der Waals surface area contributed by atoms with Gasteiger partial charge in [0.1, 0.15) is 4.90 Å². The molecular formula is C19H22ClN3O3S. The molecule has 144 valence electrons. The van der Waals surface area contributed by atoms with Crippen LogP contribution in [0.3, 0.4) is 0 Å². The van der Waals surface area contributed by atoms with Crippen LogP contribution in [0.5, 0.6) is 0 Å². The zero-order valence-corrected chi connectivity index (χ0v) is 16.7. The second-order valence-electron chi connectivity index (χ2n) is 6.61. The Morgan fingerprint density at radius 1 is 1.15 bits per heavy atom. The lowest BCUT2D eigenvalue weighted by Crippen LogP contribution is -2.32. The van der Waals surface area contributed by atoms with E-state index in [1.807, 2.05) is 6.92 Å². The van der Waals surface area contributed by atoms with Crippen molar-refractivity contribution in [2.45, 2.75) is 37.5 Å². The van der Waals surface area contributed by atoms with Crippen molar-refractivity contribution >= 4 is 33.2 Å². The van der Waals surface area contributed by atoms with Crippen LogP contribution >= 0.6 is 11.6 Å². The van der Waals surface area contributed by atoms with E-state index < -0.39 is 15.9 Å². The molecule has 1 aromatic heterocycles. The Labute approximate surface area is 164 Å². The summed E-state index contributed by atoms with van der Waals surface area (Å²) in [6.45, 7) is 2.81. The molecule has 1 saturated heterocycles. The summed E-state index contributed by atoms with van der Waals surface area (Å²) in [5.41, 5.74) is 1.68. The van der Waals surface area contributed by atoms with Gasteiger partial charge in [-0.05, 0) is 49.6 Å². The molecular weight excluding hydrogens is 386 g/mol. The second-order valence-corrected chi connectivity index (χ2v) is 8.92. The van der Waals surface area contributed by atoms with Gasteiger partial charge in [-0.15, -0.1) is 0 Å². The van der Waals surface area contributed by atoms with Crippen LogP contribution in [0.1, 0.15) is 41.6 Å². The van der Waals surface area contributed by atoms with E-state index in [0.717, 1.165) is 31.2 Å². The van der Waals surface area contributed by atoms with Gasteiger partial charge < -0.3 is 5.32 Å². The van der Waals surface area contributed by atoms with Crippen LogP contribution in [0, 0.1) is 6.92 Å². The SMILES string of the molecule is Cc1ccncc1NC(=O)c1ccc(Cl)c(S(=O)(=O)N2CCCCCC2)c1. The molecule has 0 bridgehead atoms. The van der Waals surface area contributed by atoms with E-state index in [1.165, 1.54) is 22.5 Å². The average Bonchev–Trinajstić information content (AvgIpc) is 2.94. The van der Waals surface area contributed by atoms with E-state index in [2.05, 4.69) is 10.3 Å². The predicted molar refractivity (Wildman–Crippen MR) is 106 cm³/mol. The number of carbonyl (C=O) groups is 1. The highest BCUT2D eigenvalue weighted by atomic mass is 35.5. The second kappa shape index (κ2) is 8.37. The molecule has 0 unspecified atom stereocenters. The van der Waals surface area contributed by atoms with Gasteiger partial charge in [0.15, 0.2) is 0 Å². The number of amides is 1. The summed E-state index contributed by atoms with van der Waals surface area (Å²) in [5, 5.41) is 2.88. The lowest BCUT2D eigenvalue weighted by Gasteiger charge is -2.21. The molecule has 0 aliphatic carbocycles. The van der Waals surface area contributed by atoms with Gasteiger partial charge in [-0.2, -0.15) is 4.31 Å². The van der Waals surface area contributed by atoms with Crippen molar-refractivity contribution in [3.8, 4) is 0 Å². The molecule has 1 amide bonds. The number of anilines is 1. The zero-order valence-electron chi connectivity index (χ0n) is 15.1. The van der Waals surface area contributed by atoms with Gasteiger partial charge in [0, 0.05) is 24.8 Å². The maximum atomic E-state index is 13.0. The number of hydrogen-bond acceptors (Lipinski definition) is 4. The molecule has 0 radical (unpaired) electrons. The summed E-state index contributed by atoms with van der Waals surface area (Å²) < 4.78 is 27.6. The minimum Gasteiger partial charge on any atom is -0.320 e. The van der Waals surface area contributed by atoms with Gasteiger partial charge in [-0.1, -0.05) is 24.4 Å². The Morgan fingerprint density at radius 3 is 2.52 bits per heavy atom. The third-order valence-corrected chi connectivity index (χ3v) is 7.04. The highest BCUT2D eigenvalue weighted by molar-refractivity contribution is 7.89. The van der Waals surface area contributed by atoms with Crippen LogP contribution in [0.2, 0.25) is 5.02 Å². The number of rotatable bonds is 4. The fraction of sp³-hybridized carbons (Fsp3) is 0.368. The highest BCUT2D eigenvalue weighted by Crippen LogP contribution is 2.28. The molecule has 27 heavy (non-hydrogen) atoms. The molecule has 6 nitrogen and oxygen atoms in total. The van der Waals surface area contributed by atoms with Gasteiger partial charge in [-0.25, -0.2) is 8.42 Å². The molecule has 8 heteroatoms. The minimum absolute atomic E-state index is 0.0263. The predicted octanol–water partition coefficient (Wildman–Crippen LogP) is 3.86. The molecule has 2 heterocycles. The summed E-state index contributed by atoms with van der Waals surface area (Å²) in [6, 6.07) is 6.11. The Bertz CT molecular complexity index is 939. The molecule has 0 spiro atoms. The first kappa shape index (κ1) is 19.8. The Morgan fingerprint density at radius 2 is 1.85 bits per heavy atom. The molecule has 1 aliphatic rings. The Hall–Kier alpha value is -1.96. The molecule has 1 aliphatic heterocycles. The lowest BCUT2D eigenvalue weighted by molar-refractivity contribution is 0.102. The number of sulfonamides is 1. The van der Waals surface area contributed by atoms with E-state index in [-0.39, 0.29) is 15.5 Å². The summed E-state index contributed by atoms with van der Waals surface area (Å²) in [4.78, 5) is 16.6. The fourth-order valence-corrected chi connectivity index (χ4v) is 5.07. The number of aromatic nitrogens is 1. The summed E-state index contributed by atoms with van der Waals surface area (Å²) in [6.07, 6.45) is 6.89. The number of nitrogens with one attached hydrogen (secondary N) is 1. The third kappa shape index (κ3) is 4.48. The number of nitrogens with zero attached hydrogens (tertiary/aromatic N) is 2. The van der Waals surface area contributed by atoms with E-state index in [1.54, 1.807) is 18.5 Å². The third-order valence-electron chi connectivity index (χ3n) is 4.66. The number of aryl methyl sites for hydroxylation is 1. The summed E-state index contributed by atoms with van der Waals surface area (Å²) in [5.74, 6) is -0.407. The van der Waals surface area contributed by atoms with Crippen molar-refractivity contribution in [2.75, 3.05) is 18.4 Å². The number of pyridine rings is 1. The molecule has 0 atom stereocenters. The van der Waals surface area contributed by atoms with Crippen LogP contribution < -0.4 is 5.32 Å². The number of hydrogen-bond donors (Lipinski definition) is 1. The van der Waals surface area contributed by atoms with Crippen LogP contribution in [0.15, 0.2) is 41.6 Å². The quantitative estimate of drug-likeness (QED) is 0.834. The van der Waals surface area contributed by atoms with E-state index in [4.69, 9.17) is 11.6 Å². The van der Waals surface area contributed by atoms with Gasteiger partial charge in [0.05, 0.1) is 16.9 Å². The largest absolute Gasteiger partial charge is 0.320 e. The van der Waals surface area contributed by atoms with Crippen LogP contribution in [0.25, 0.3) is 0 Å². The van der Waals surface area contributed by atoms with Crippen molar-refractivity contribution in [3.63, 3.8) is 0 Å². The molecule has 1 aromatic carbocycles. The van der Waals surface area contributed by atoms with Crippen molar-refractivity contribution in [2.24, 2.45) is 0 Å². The standard InChI is InChI=1S/C19H22ClN3O3S/c1-14-8-9-21-13-17(14)22-19(24)15-6-7-16(20)18(12-15)27(25,26)23-10-4-2-3-5-11-23/h6-9,12-13H,2-5,10-11H2,1H3,(H,22,24). The minimum atomic E-state index is -3.74. The first-order valence-corrected chi connectivity index (χ1v) is 10.7. The molecule has 2 aromatic rings. The fourth-order valence-electron chi connectivity index (χ4n) is 3.05. The lowest BCUT2D eigenvalue weighted by atomic mass is 10.2. The maximum absolute atomic E-state index is 13.0. The number of carbonyl (C=O) groups excluding carboxylic acids is 1. The van der Waals surface area contributed by atoms with Gasteiger partial charge >= 0.3 is 0 Å². The highest BCUT2D eigenvalue weighted by Gasteiger charge is 2.28. The molecule has 1 fully saturated rings. The Balaban J connectivity index is 1.89. The van der Waals surface area contributed by atoms with Crippen molar-refractivity contribution < 1.29 is 13.2 Å². The van der Waals surface area contributed by atoms with E-state index in [9.17, 15) is 13.2 Å². The van der Waals surface area contributed by atoms with Crippen molar-refractivity contribution in [3.05, 3.63) is 52.8 Å². The molecule has 3 rings (SSSR count). The zero-order chi connectivity index (χ0) is 19.4. The van der Waals surface area contributed by atoms with Crippen molar-refractivity contribution in [1.82, 2.24) is 9.29 Å². The Kier molecular flexibility index (Phi) is 6.14. The van der Waals surface area contributed by atoms with Crippen LogP contribution in [-0.4, -0.2) is 36.7 Å². The van der Waals surface area contributed by atoms with Gasteiger partial charge in [0.2, 0.25) is 10.0 Å². The normalized spacial score (nSPS) is 15.9. The van der Waals surface area contributed by atoms with Crippen LogP contribution in [-0.2, 0) is 10.0 Å². The van der Waals surface area contributed by atoms with Crippen molar-refractivity contribution in [1.29, 1.82) is 0 Å². The van der Waals surface area contributed by atoms with Gasteiger partial charge in [-0.3, -0.25) is 9.78 Å². The number of benzene rings is 1. The maximum Gasteiger partial charge on any atom is 0.255 e. The number of halogens is 1. The van der Waals surface area contributed by atoms with E-state index in [0.29, 0.717) is 18.8 Å². The van der Waals surface area contributed by atoms with Crippen LogP contribution in [0.4, 0.5) is 5.69 Å².